The highest BCUT2D eigenvalue weighted by Gasteiger charge is 2.34. The van der Waals surface area contributed by atoms with Crippen LogP contribution in [-0.2, 0) is 13.1 Å². The molecule has 0 unspecified atom stereocenters. The van der Waals surface area contributed by atoms with E-state index in [0.717, 1.165) is 24.6 Å². The SMILES string of the molecule is c1cc2cc(CN3C[C@@H]4CC[C@H]3CN(Cc3cscn3)C4)ccc2o1. The van der Waals surface area contributed by atoms with Crippen LogP contribution < -0.4 is 0 Å². The summed E-state index contributed by atoms with van der Waals surface area (Å²) < 4.78 is 5.47. The van der Waals surface area contributed by atoms with Gasteiger partial charge in [-0.3, -0.25) is 9.80 Å². The van der Waals surface area contributed by atoms with E-state index in [0.29, 0.717) is 6.04 Å². The Labute approximate surface area is 152 Å². The van der Waals surface area contributed by atoms with Crippen molar-refractivity contribution in [2.75, 3.05) is 19.6 Å². The van der Waals surface area contributed by atoms with E-state index in [2.05, 4.69) is 44.4 Å². The average molecular weight is 353 g/mol. The minimum atomic E-state index is 0.664. The fraction of sp³-hybridized carbons (Fsp3) is 0.450. The standard InChI is InChI=1S/C20H23N3OS/c1-3-19-12-22(11-18-13-25-14-21-18)8-16(1)10-23(19)9-15-2-4-20-17(7-15)5-6-24-20/h2,4-7,13-14,16,19H,1,3,8-12H2/t16-,19+/m1/s1. The first-order chi connectivity index (χ1) is 12.3. The number of hydrogen-bond donors (Lipinski definition) is 0. The van der Waals surface area contributed by atoms with E-state index < -0.39 is 0 Å². The van der Waals surface area contributed by atoms with Gasteiger partial charge in [-0.25, -0.2) is 4.98 Å². The van der Waals surface area contributed by atoms with Gasteiger partial charge in [0.1, 0.15) is 5.58 Å². The molecule has 2 aromatic heterocycles. The molecule has 2 atom stereocenters. The Hall–Kier alpha value is -1.69. The molecule has 0 N–H and O–H groups in total. The smallest absolute Gasteiger partial charge is 0.133 e. The van der Waals surface area contributed by atoms with Gasteiger partial charge in [0, 0.05) is 49.5 Å². The monoisotopic (exact) mass is 353 g/mol. The summed E-state index contributed by atoms with van der Waals surface area (Å²) in [5.41, 5.74) is 5.55. The first-order valence-electron chi connectivity index (χ1n) is 9.13. The molecule has 3 aromatic rings. The number of aromatic nitrogens is 1. The Morgan fingerprint density at radius 2 is 2.12 bits per heavy atom. The maximum absolute atomic E-state index is 5.47. The van der Waals surface area contributed by atoms with Crippen LogP contribution in [-0.4, -0.2) is 40.5 Å². The molecule has 3 fully saturated rings. The zero-order valence-electron chi connectivity index (χ0n) is 14.3. The summed E-state index contributed by atoms with van der Waals surface area (Å²) in [6, 6.07) is 9.33. The maximum Gasteiger partial charge on any atom is 0.133 e. The number of furan rings is 1. The lowest BCUT2D eigenvalue weighted by molar-refractivity contribution is 0.123. The van der Waals surface area contributed by atoms with E-state index in [4.69, 9.17) is 4.42 Å². The lowest BCUT2D eigenvalue weighted by atomic mass is 9.94. The second kappa shape index (κ2) is 6.56. The molecular weight excluding hydrogens is 330 g/mol. The van der Waals surface area contributed by atoms with Gasteiger partial charge in [-0.05, 0) is 42.5 Å². The Bertz CT molecular complexity index is 844. The summed E-state index contributed by atoms with van der Waals surface area (Å²) in [6.45, 7) is 5.66. The second-order valence-corrected chi connectivity index (χ2v) is 8.21. The summed E-state index contributed by atoms with van der Waals surface area (Å²) in [6.07, 6.45) is 4.47. The number of rotatable bonds is 4. The lowest BCUT2D eigenvalue weighted by Crippen LogP contribution is -2.43. The third-order valence-electron chi connectivity index (χ3n) is 5.67. The second-order valence-electron chi connectivity index (χ2n) is 7.49. The molecule has 5 heteroatoms. The number of piperidine rings is 1. The van der Waals surface area contributed by atoms with Crippen LogP contribution in [0.5, 0.6) is 0 Å². The molecule has 3 saturated heterocycles. The summed E-state index contributed by atoms with van der Waals surface area (Å²) in [5.74, 6) is 0.787. The topological polar surface area (TPSA) is 32.5 Å². The molecular formula is C20H23N3OS. The van der Waals surface area contributed by atoms with Crippen molar-refractivity contribution < 1.29 is 4.42 Å². The maximum atomic E-state index is 5.47. The van der Waals surface area contributed by atoms with Gasteiger partial charge in [-0.1, -0.05) is 6.07 Å². The first-order valence-corrected chi connectivity index (χ1v) is 10.1. The zero-order chi connectivity index (χ0) is 16.6. The van der Waals surface area contributed by atoms with Crippen LogP contribution in [0.25, 0.3) is 11.0 Å². The van der Waals surface area contributed by atoms with E-state index in [1.807, 2.05) is 5.51 Å². The van der Waals surface area contributed by atoms with Crippen LogP contribution in [0.3, 0.4) is 0 Å². The Balaban J connectivity index is 1.31. The predicted octanol–water partition coefficient (Wildman–Crippen LogP) is 3.99. The normalized spacial score (nSPS) is 24.8. The minimum absolute atomic E-state index is 0.664. The van der Waals surface area contributed by atoms with Gasteiger partial charge in [0.2, 0.25) is 0 Å². The molecule has 1 aromatic carbocycles. The fourth-order valence-corrected chi connectivity index (χ4v) is 5.04. The molecule has 0 amide bonds. The highest BCUT2D eigenvalue weighted by Crippen LogP contribution is 2.30. The fourth-order valence-electron chi connectivity index (χ4n) is 4.49. The highest BCUT2D eigenvalue weighted by molar-refractivity contribution is 7.07. The van der Waals surface area contributed by atoms with E-state index in [9.17, 15) is 0 Å². The van der Waals surface area contributed by atoms with Crippen molar-refractivity contribution in [3.63, 3.8) is 0 Å². The van der Waals surface area contributed by atoms with Crippen LogP contribution in [0, 0.1) is 5.92 Å². The van der Waals surface area contributed by atoms with Crippen molar-refractivity contribution in [1.82, 2.24) is 14.8 Å². The molecule has 0 saturated carbocycles. The van der Waals surface area contributed by atoms with Crippen LogP contribution in [0.2, 0.25) is 0 Å². The lowest BCUT2D eigenvalue weighted by Gasteiger charge is -2.36. The molecule has 0 radical (unpaired) electrons. The third-order valence-corrected chi connectivity index (χ3v) is 6.31. The molecule has 25 heavy (non-hydrogen) atoms. The third kappa shape index (κ3) is 3.24. The quantitative estimate of drug-likeness (QED) is 0.710. The molecule has 0 spiro atoms. The van der Waals surface area contributed by atoms with Gasteiger partial charge < -0.3 is 4.42 Å². The number of thiazole rings is 1. The van der Waals surface area contributed by atoms with Crippen LogP contribution >= 0.6 is 11.3 Å². The van der Waals surface area contributed by atoms with E-state index >= 15 is 0 Å². The van der Waals surface area contributed by atoms with Crippen molar-refractivity contribution in [1.29, 1.82) is 0 Å². The van der Waals surface area contributed by atoms with Gasteiger partial charge in [-0.2, -0.15) is 0 Å². The van der Waals surface area contributed by atoms with Crippen molar-refractivity contribution in [2.45, 2.75) is 32.0 Å². The minimum Gasteiger partial charge on any atom is -0.464 e. The van der Waals surface area contributed by atoms with Gasteiger partial charge >= 0.3 is 0 Å². The molecule has 130 valence electrons. The van der Waals surface area contributed by atoms with Crippen LogP contribution in [0.15, 0.2) is 45.8 Å². The Morgan fingerprint density at radius 3 is 3.04 bits per heavy atom. The molecule has 3 aliphatic heterocycles. The van der Waals surface area contributed by atoms with E-state index in [1.54, 1.807) is 17.6 Å². The van der Waals surface area contributed by atoms with Gasteiger partial charge in [-0.15, -0.1) is 11.3 Å². The average Bonchev–Trinajstić information content (AvgIpc) is 3.21. The summed E-state index contributed by atoms with van der Waals surface area (Å²) in [5, 5.41) is 3.40. The number of nitrogens with zero attached hydrogens (tertiary/aromatic N) is 3. The molecule has 0 aliphatic carbocycles. The van der Waals surface area contributed by atoms with Crippen molar-refractivity contribution in [2.24, 2.45) is 5.92 Å². The largest absolute Gasteiger partial charge is 0.464 e. The summed E-state index contributed by atoms with van der Waals surface area (Å²) >= 11 is 1.70. The first kappa shape index (κ1) is 15.6. The van der Waals surface area contributed by atoms with Crippen molar-refractivity contribution >= 4 is 22.3 Å². The molecule has 5 heterocycles. The zero-order valence-corrected chi connectivity index (χ0v) is 15.1. The number of benzene rings is 1. The van der Waals surface area contributed by atoms with Crippen LogP contribution in [0.1, 0.15) is 24.1 Å². The number of hydrogen-bond acceptors (Lipinski definition) is 5. The molecule has 6 rings (SSSR count). The molecule has 2 bridgehead atoms. The van der Waals surface area contributed by atoms with Gasteiger partial charge in [0.05, 0.1) is 17.5 Å². The Morgan fingerprint density at radius 1 is 1.12 bits per heavy atom. The summed E-state index contributed by atoms with van der Waals surface area (Å²) in [7, 11) is 0. The molecule has 4 nitrogen and oxygen atoms in total. The van der Waals surface area contributed by atoms with E-state index in [1.165, 1.54) is 49.1 Å². The van der Waals surface area contributed by atoms with E-state index in [-0.39, 0.29) is 0 Å². The van der Waals surface area contributed by atoms with Gasteiger partial charge in [0.15, 0.2) is 0 Å². The highest BCUT2D eigenvalue weighted by atomic mass is 32.1. The number of fused-ring (bicyclic) bond motifs is 5. The van der Waals surface area contributed by atoms with Crippen LogP contribution in [0.4, 0.5) is 0 Å². The van der Waals surface area contributed by atoms with Gasteiger partial charge in [0.25, 0.3) is 0 Å². The summed E-state index contributed by atoms with van der Waals surface area (Å²) in [4.78, 5) is 9.80. The molecule has 3 aliphatic rings. The van der Waals surface area contributed by atoms with Crippen molar-refractivity contribution in [3.8, 4) is 0 Å². The van der Waals surface area contributed by atoms with Crippen molar-refractivity contribution in [3.05, 3.63) is 52.7 Å². The predicted molar refractivity (Wildman–Crippen MR) is 101 cm³/mol. The Kier molecular flexibility index (Phi) is 4.08.